The van der Waals surface area contributed by atoms with Gasteiger partial charge in [-0.15, -0.1) is 0 Å². The van der Waals surface area contributed by atoms with Crippen molar-refractivity contribution in [2.45, 2.75) is 19.4 Å². The van der Waals surface area contributed by atoms with Crippen molar-refractivity contribution >= 4 is 51.3 Å². The third kappa shape index (κ3) is 5.22. The van der Waals surface area contributed by atoms with Gasteiger partial charge in [0.1, 0.15) is 4.88 Å². The fourth-order valence-corrected chi connectivity index (χ4v) is 4.31. The zero-order valence-electron chi connectivity index (χ0n) is 16.9. The van der Waals surface area contributed by atoms with E-state index in [-0.39, 0.29) is 17.9 Å². The molecule has 2 aromatic carbocycles. The van der Waals surface area contributed by atoms with Crippen molar-refractivity contribution in [1.82, 2.24) is 15.6 Å². The molecule has 1 aliphatic rings. The van der Waals surface area contributed by atoms with Crippen LogP contribution in [-0.4, -0.2) is 35.9 Å². The van der Waals surface area contributed by atoms with Crippen molar-refractivity contribution < 1.29 is 9.59 Å². The maximum Gasteiger partial charge on any atom is 0.267 e. The number of rotatable bonds is 6. The van der Waals surface area contributed by atoms with Gasteiger partial charge in [0.2, 0.25) is 0 Å². The number of carbonyl (C=O) groups excluding carboxylic acids is 2. The third-order valence-corrected chi connectivity index (χ3v) is 6.19. The lowest BCUT2D eigenvalue weighted by molar-refractivity contribution is 0.0939. The summed E-state index contributed by atoms with van der Waals surface area (Å²) in [6.07, 6.45) is 2.44. The molecular formula is C22H22ClN5O2S. The molecule has 4 N–H and O–H groups in total. The van der Waals surface area contributed by atoms with Gasteiger partial charge >= 0.3 is 0 Å². The molecule has 1 atom stereocenters. The smallest absolute Gasteiger partial charge is 0.267 e. The number of anilines is 3. The molecular weight excluding hydrogens is 434 g/mol. The molecule has 3 aromatic rings. The first kappa shape index (κ1) is 21.3. The van der Waals surface area contributed by atoms with Crippen LogP contribution in [-0.2, 0) is 0 Å². The van der Waals surface area contributed by atoms with Crippen LogP contribution < -0.4 is 21.3 Å². The largest absolute Gasteiger partial charge is 0.348 e. The molecule has 1 fully saturated rings. The molecule has 1 aromatic heterocycles. The second-order valence-electron chi connectivity index (χ2n) is 7.28. The maximum atomic E-state index is 12.6. The number of amides is 2. The van der Waals surface area contributed by atoms with Gasteiger partial charge in [-0.05, 0) is 49.7 Å². The zero-order valence-corrected chi connectivity index (χ0v) is 18.4. The molecule has 0 radical (unpaired) electrons. The van der Waals surface area contributed by atoms with E-state index in [2.05, 4.69) is 26.3 Å². The highest BCUT2D eigenvalue weighted by molar-refractivity contribution is 7.17. The Kier molecular flexibility index (Phi) is 6.50. The lowest BCUT2D eigenvalue weighted by Crippen LogP contribution is -2.36. The molecule has 0 spiro atoms. The summed E-state index contributed by atoms with van der Waals surface area (Å²) in [5.41, 5.74) is 2.77. The molecule has 1 saturated heterocycles. The summed E-state index contributed by atoms with van der Waals surface area (Å²) in [5, 5.41) is 13.3. The molecule has 0 aliphatic carbocycles. The predicted octanol–water partition coefficient (Wildman–Crippen LogP) is 4.19. The van der Waals surface area contributed by atoms with Crippen LogP contribution in [0.25, 0.3) is 0 Å². The standard InChI is InChI=1S/C22H22ClN5O2S/c1-13-4-2-7-17(23)19(13)28-21(30)18-12-25-22(31-18)27-15-6-3-5-14(10-15)20(29)26-16-8-9-24-11-16/h2-7,10,12,16,24H,8-9,11H2,1H3,(H,25,27)(H,26,29)(H,28,30). The van der Waals surface area contributed by atoms with E-state index in [9.17, 15) is 9.59 Å². The maximum absolute atomic E-state index is 12.6. The molecule has 2 heterocycles. The van der Waals surface area contributed by atoms with Gasteiger partial charge in [0.25, 0.3) is 11.8 Å². The van der Waals surface area contributed by atoms with E-state index in [1.54, 1.807) is 18.2 Å². The minimum absolute atomic E-state index is 0.105. The SMILES string of the molecule is Cc1cccc(Cl)c1NC(=O)c1cnc(Nc2cccc(C(=O)NC3CCNC3)c2)s1. The number of thiazole rings is 1. The average molecular weight is 456 g/mol. The molecule has 1 aliphatic heterocycles. The van der Waals surface area contributed by atoms with Crippen LogP contribution in [0.2, 0.25) is 5.02 Å². The predicted molar refractivity (Wildman–Crippen MR) is 125 cm³/mol. The van der Waals surface area contributed by atoms with E-state index < -0.39 is 0 Å². The molecule has 160 valence electrons. The monoisotopic (exact) mass is 455 g/mol. The number of hydrogen-bond acceptors (Lipinski definition) is 6. The first-order valence-corrected chi connectivity index (χ1v) is 11.1. The number of hydrogen-bond donors (Lipinski definition) is 4. The minimum Gasteiger partial charge on any atom is -0.348 e. The van der Waals surface area contributed by atoms with Gasteiger partial charge in [-0.3, -0.25) is 9.59 Å². The summed E-state index contributed by atoms with van der Waals surface area (Å²) in [6.45, 7) is 3.59. The van der Waals surface area contributed by atoms with Crippen LogP contribution >= 0.6 is 22.9 Å². The molecule has 7 nitrogen and oxygen atoms in total. The zero-order chi connectivity index (χ0) is 21.8. The van der Waals surface area contributed by atoms with Crippen molar-refractivity contribution in [3.05, 3.63) is 69.7 Å². The van der Waals surface area contributed by atoms with Crippen molar-refractivity contribution in [3.63, 3.8) is 0 Å². The minimum atomic E-state index is -0.278. The molecule has 2 amide bonds. The number of nitrogens with zero attached hydrogens (tertiary/aromatic N) is 1. The fraction of sp³-hybridized carbons (Fsp3) is 0.227. The molecule has 9 heteroatoms. The fourth-order valence-electron chi connectivity index (χ4n) is 3.31. The third-order valence-electron chi connectivity index (χ3n) is 4.96. The molecule has 0 bridgehead atoms. The van der Waals surface area contributed by atoms with E-state index in [4.69, 9.17) is 11.6 Å². The van der Waals surface area contributed by atoms with Gasteiger partial charge in [-0.2, -0.15) is 0 Å². The van der Waals surface area contributed by atoms with Crippen LogP contribution in [0.5, 0.6) is 0 Å². The van der Waals surface area contributed by atoms with E-state index in [1.165, 1.54) is 17.5 Å². The Hall–Kier alpha value is -2.94. The Labute approximate surface area is 189 Å². The number of para-hydroxylation sites is 1. The average Bonchev–Trinajstić information content (AvgIpc) is 3.43. The Morgan fingerprint density at radius 2 is 2.03 bits per heavy atom. The van der Waals surface area contributed by atoms with Gasteiger partial charge in [-0.1, -0.05) is 41.1 Å². The van der Waals surface area contributed by atoms with Crippen molar-refractivity contribution in [3.8, 4) is 0 Å². The highest BCUT2D eigenvalue weighted by Crippen LogP contribution is 2.28. The number of aryl methyl sites for hydroxylation is 1. The lowest BCUT2D eigenvalue weighted by atomic mass is 10.1. The van der Waals surface area contributed by atoms with Crippen molar-refractivity contribution in [1.29, 1.82) is 0 Å². The number of nitrogens with one attached hydrogen (secondary N) is 4. The van der Waals surface area contributed by atoms with Crippen LogP contribution in [0.4, 0.5) is 16.5 Å². The summed E-state index contributed by atoms with van der Waals surface area (Å²) >= 11 is 7.41. The lowest BCUT2D eigenvalue weighted by Gasteiger charge is -2.12. The Morgan fingerprint density at radius 3 is 2.81 bits per heavy atom. The quantitative estimate of drug-likeness (QED) is 0.447. The first-order chi connectivity index (χ1) is 15.0. The summed E-state index contributed by atoms with van der Waals surface area (Å²) < 4.78 is 0. The van der Waals surface area contributed by atoms with Crippen LogP contribution in [0.1, 0.15) is 32.0 Å². The number of aromatic nitrogens is 1. The normalized spacial score (nSPS) is 15.5. The van der Waals surface area contributed by atoms with Crippen LogP contribution in [0.3, 0.4) is 0 Å². The van der Waals surface area contributed by atoms with Gasteiger partial charge in [0.05, 0.1) is 16.9 Å². The second kappa shape index (κ2) is 9.47. The Morgan fingerprint density at radius 1 is 1.19 bits per heavy atom. The highest BCUT2D eigenvalue weighted by Gasteiger charge is 2.18. The highest BCUT2D eigenvalue weighted by atomic mass is 35.5. The van der Waals surface area contributed by atoms with Gasteiger partial charge in [0.15, 0.2) is 5.13 Å². The topological polar surface area (TPSA) is 95.2 Å². The Bertz CT molecular complexity index is 1090. The number of benzene rings is 2. The summed E-state index contributed by atoms with van der Waals surface area (Å²) in [5.74, 6) is -0.383. The van der Waals surface area contributed by atoms with E-state index in [0.717, 1.165) is 30.8 Å². The Balaban J connectivity index is 1.41. The number of halogens is 1. The molecule has 1 unspecified atom stereocenters. The van der Waals surface area contributed by atoms with Crippen molar-refractivity contribution in [2.24, 2.45) is 0 Å². The van der Waals surface area contributed by atoms with E-state index in [1.807, 2.05) is 31.2 Å². The molecule has 0 saturated carbocycles. The second-order valence-corrected chi connectivity index (χ2v) is 8.72. The number of carbonyl (C=O) groups is 2. The van der Waals surface area contributed by atoms with Crippen LogP contribution in [0.15, 0.2) is 48.7 Å². The van der Waals surface area contributed by atoms with Crippen LogP contribution in [0, 0.1) is 6.92 Å². The van der Waals surface area contributed by atoms with Crippen molar-refractivity contribution in [2.75, 3.05) is 23.7 Å². The van der Waals surface area contributed by atoms with Gasteiger partial charge < -0.3 is 21.3 Å². The molecule has 4 rings (SSSR count). The first-order valence-electron chi connectivity index (χ1n) is 9.90. The van der Waals surface area contributed by atoms with Gasteiger partial charge in [0, 0.05) is 23.8 Å². The van der Waals surface area contributed by atoms with E-state index >= 15 is 0 Å². The van der Waals surface area contributed by atoms with E-state index in [0.29, 0.717) is 26.3 Å². The molecule has 31 heavy (non-hydrogen) atoms. The summed E-state index contributed by atoms with van der Waals surface area (Å²) in [7, 11) is 0. The summed E-state index contributed by atoms with van der Waals surface area (Å²) in [4.78, 5) is 29.8. The summed E-state index contributed by atoms with van der Waals surface area (Å²) in [6, 6.07) is 12.8. The van der Waals surface area contributed by atoms with Gasteiger partial charge in [-0.25, -0.2) is 4.98 Å².